The van der Waals surface area contributed by atoms with Crippen molar-refractivity contribution in [3.8, 4) is 0 Å². The van der Waals surface area contributed by atoms with Crippen LogP contribution >= 0.6 is 11.6 Å². The molecule has 0 fully saturated rings. The number of hydrogen-bond donors (Lipinski definition) is 0. The number of amides is 2. The summed E-state index contributed by atoms with van der Waals surface area (Å²) >= 11 is 6.08. The zero-order valence-electron chi connectivity index (χ0n) is 17.1. The standard InChI is InChI=1S/C26H21ClN2O2/c1-17-5-4-8-22(15-17)29-25(30)23(19-9-11-21(27)12-10-19)24(26(29)31)28-14-13-18-6-2-3-7-20(18)16-28/h2-12,15H,13-14,16H2,1H3. The van der Waals surface area contributed by atoms with Crippen molar-refractivity contribution in [2.45, 2.75) is 19.9 Å². The molecule has 0 aromatic heterocycles. The highest BCUT2D eigenvalue weighted by Gasteiger charge is 2.43. The Bertz CT molecular complexity index is 1230. The van der Waals surface area contributed by atoms with Gasteiger partial charge in [-0.25, -0.2) is 4.90 Å². The molecule has 154 valence electrons. The Morgan fingerprint density at radius 3 is 2.32 bits per heavy atom. The third-order valence-electron chi connectivity index (χ3n) is 5.90. The number of hydrogen-bond acceptors (Lipinski definition) is 3. The molecule has 2 amide bonds. The lowest BCUT2D eigenvalue weighted by molar-refractivity contribution is -0.120. The Morgan fingerprint density at radius 1 is 0.839 bits per heavy atom. The maximum atomic E-state index is 13.7. The zero-order chi connectivity index (χ0) is 21.5. The van der Waals surface area contributed by atoms with Gasteiger partial charge in [0.15, 0.2) is 0 Å². The average molecular weight is 429 g/mol. The Morgan fingerprint density at radius 2 is 1.58 bits per heavy atom. The zero-order valence-corrected chi connectivity index (χ0v) is 17.9. The van der Waals surface area contributed by atoms with Gasteiger partial charge in [-0.2, -0.15) is 0 Å². The third-order valence-corrected chi connectivity index (χ3v) is 6.15. The Hall–Kier alpha value is -3.37. The van der Waals surface area contributed by atoms with Gasteiger partial charge in [0.25, 0.3) is 11.8 Å². The van der Waals surface area contributed by atoms with Gasteiger partial charge in [-0.1, -0.05) is 60.1 Å². The van der Waals surface area contributed by atoms with Crippen molar-refractivity contribution >= 4 is 34.7 Å². The Balaban J connectivity index is 1.63. The maximum absolute atomic E-state index is 13.7. The number of rotatable bonds is 3. The van der Waals surface area contributed by atoms with Crippen LogP contribution in [0.3, 0.4) is 0 Å². The fourth-order valence-electron chi connectivity index (χ4n) is 4.38. The minimum Gasteiger partial charge on any atom is -0.362 e. The van der Waals surface area contributed by atoms with E-state index in [4.69, 9.17) is 11.6 Å². The lowest BCUT2D eigenvalue weighted by atomic mass is 9.98. The molecule has 0 atom stereocenters. The first-order valence-corrected chi connectivity index (χ1v) is 10.7. The summed E-state index contributed by atoms with van der Waals surface area (Å²) in [6.45, 7) is 3.23. The number of halogens is 1. The first-order valence-electron chi connectivity index (χ1n) is 10.3. The normalized spacial score (nSPS) is 16.2. The van der Waals surface area contributed by atoms with Crippen molar-refractivity contribution in [3.63, 3.8) is 0 Å². The summed E-state index contributed by atoms with van der Waals surface area (Å²) in [5.74, 6) is -0.577. The molecule has 4 nitrogen and oxygen atoms in total. The van der Waals surface area contributed by atoms with Crippen LogP contribution < -0.4 is 4.90 Å². The molecule has 0 saturated carbocycles. The number of nitrogens with zero attached hydrogens (tertiary/aromatic N) is 2. The summed E-state index contributed by atoms with van der Waals surface area (Å²) in [6.07, 6.45) is 0.833. The van der Waals surface area contributed by atoms with Crippen molar-refractivity contribution < 1.29 is 9.59 Å². The van der Waals surface area contributed by atoms with Crippen LogP contribution in [-0.2, 0) is 22.6 Å². The van der Waals surface area contributed by atoms with Gasteiger partial charge in [0, 0.05) is 18.1 Å². The lowest BCUT2D eigenvalue weighted by Gasteiger charge is -2.31. The first-order chi connectivity index (χ1) is 15.0. The molecule has 31 heavy (non-hydrogen) atoms. The van der Waals surface area contributed by atoms with Gasteiger partial charge in [0.1, 0.15) is 5.70 Å². The van der Waals surface area contributed by atoms with Gasteiger partial charge in [0.2, 0.25) is 0 Å². The van der Waals surface area contributed by atoms with Gasteiger partial charge in [-0.05, 0) is 59.9 Å². The van der Waals surface area contributed by atoms with Gasteiger partial charge in [-0.3, -0.25) is 9.59 Å². The van der Waals surface area contributed by atoms with E-state index in [-0.39, 0.29) is 11.8 Å². The van der Waals surface area contributed by atoms with E-state index in [0.29, 0.717) is 40.6 Å². The third kappa shape index (κ3) is 3.43. The van der Waals surface area contributed by atoms with Crippen molar-refractivity contribution in [3.05, 3.63) is 106 Å². The number of imide groups is 1. The van der Waals surface area contributed by atoms with E-state index >= 15 is 0 Å². The molecule has 5 heteroatoms. The highest BCUT2D eigenvalue weighted by atomic mass is 35.5. The van der Waals surface area contributed by atoms with Crippen LogP contribution in [-0.4, -0.2) is 23.3 Å². The number of carbonyl (C=O) groups excluding carboxylic acids is 2. The van der Waals surface area contributed by atoms with Crippen molar-refractivity contribution in [1.82, 2.24) is 4.90 Å². The molecule has 0 unspecified atom stereocenters. The largest absolute Gasteiger partial charge is 0.362 e. The molecule has 2 heterocycles. The predicted molar refractivity (Wildman–Crippen MR) is 123 cm³/mol. The van der Waals surface area contributed by atoms with Gasteiger partial charge in [0.05, 0.1) is 11.3 Å². The summed E-state index contributed by atoms with van der Waals surface area (Å²) in [7, 11) is 0. The molecule has 0 N–H and O–H groups in total. The second kappa shape index (κ2) is 7.71. The predicted octanol–water partition coefficient (Wildman–Crippen LogP) is 4.99. The van der Waals surface area contributed by atoms with Gasteiger partial charge in [-0.15, -0.1) is 0 Å². The fraction of sp³-hybridized carbons (Fsp3) is 0.154. The average Bonchev–Trinajstić information content (AvgIpc) is 3.04. The smallest absolute Gasteiger partial charge is 0.282 e. The molecule has 0 saturated heterocycles. The summed E-state index contributed by atoms with van der Waals surface area (Å²) in [5, 5.41) is 0.588. The van der Waals surface area contributed by atoms with Crippen molar-refractivity contribution in [2.75, 3.05) is 11.4 Å². The molecular weight excluding hydrogens is 408 g/mol. The van der Waals surface area contributed by atoms with Crippen LogP contribution in [0.2, 0.25) is 5.02 Å². The maximum Gasteiger partial charge on any atom is 0.282 e. The number of aryl methyl sites for hydroxylation is 1. The fourth-order valence-corrected chi connectivity index (χ4v) is 4.50. The number of benzene rings is 3. The monoisotopic (exact) mass is 428 g/mol. The van der Waals surface area contributed by atoms with E-state index in [1.54, 1.807) is 30.3 Å². The van der Waals surface area contributed by atoms with Crippen molar-refractivity contribution in [1.29, 1.82) is 0 Å². The molecule has 2 aliphatic heterocycles. The van der Waals surface area contributed by atoms with Crippen LogP contribution in [0, 0.1) is 6.92 Å². The van der Waals surface area contributed by atoms with E-state index in [0.717, 1.165) is 12.0 Å². The summed E-state index contributed by atoms with van der Waals surface area (Å²) in [6, 6.07) is 22.9. The molecule has 3 aromatic rings. The minimum atomic E-state index is -0.299. The van der Waals surface area contributed by atoms with E-state index < -0.39 is 0 Å². The minimum absolute atomic E-state index is 0.278. The number of carbonyl (C=O) groups is 2. The van der Waals surface area contributed by atoms with Crippen LogP contribution in [0.4, 0.5) is 5.69 Å². The molecule has 0 spiro atoms. The van der Waals surface area contributed by atoms with Crippen LogP contribution in [0.1, 0.15) is 22.3 Å². The number of anilines is 1. The molecular formula is C26H21ClN2O2. The topological polar surface area (TPSA) is 40.6 Å². The number of fused-ring (bicyclic) bond motifs is 1. The van der Waals surface area contributed by atoms with Crippen molar-refractivity contribution in [2.24, 2.45) is 0 Å². The summed E-state index contributed by atoms with van der Waals surface area (Å²) in [5.41, 5.74) is 5.66. The Kier molecular flexibility index (Phi) is 4.87. The molecule has 0 aliphatic carbocycles. The SMILES string of the molecule is Cc1cccc(N2C(=O)C(c3ccc(Cl)cc3)=C(N3CCc4ccccc4C3)C2=O)c1. The molecule has 0 bridgehead atoms. The first kappa shape index (κ1) is 19.6. The second-order valence-corrected chi connectivity index (χ2v) is 8.39. The van der Waals surface area contributed by atoms with Crippen LogP contribution in [0.25, 0.3) is 5.57 Å². The lowest BCUT2D eigenvalue weighted by Crippen LogP contribution is -2.37. The molecule has 5 rings (SSSR count). The van der Waals surface area contributed by atoms with E-state index in [9.17, 15) is 9.59 Å². The van der Waals surface area contributed by atoms with E-state index in [1.165, 1.54) is 16.0 Å². The van der Waals surface area contributed by atoms with E-state index in [2.05, 4.69) is 12.1 Å². The quantitative estimate of drug-likeness (QED) is 0.552. The van der Waals surface area contributed by atoms with Gasteiger partial charge >= 0.3 is 0 Å². The highest BCUT2D eigenvalue weighted by Crippen LogP contribution is 2.37. The molecule has 2 aliphatic rings. The molecule has 3 aromatic carbocycles. The summed E-state index contributed by atoms with van der Waals surface area (Å²) < 4.78 is 0. The van der Waals surface area contributed by atoms with E-state index in [1.807, 2.05) is 42.2 Å². The summed E-state index contributed by atoms with van der Waals surface area (Å²) in [4.78, 5) is 30.6. The van der Waals surface area contributed by atoms with Gasteiger partial charge < -0.3 is 4.90 Å². The highest BCUT2D eigenvalue weighted by molar-refractivity contribution is 6.45. The van der Waals surface area contributed by atoms with Crippen LogP contribution in [0.15, 0.2) is 78.5 Å². The van der Waals surface area contributed by atoms with Crippen LogP contribution in [0.5, 0.6) is 0 Å². The second-order valence-electron chi connectivity index (χ2n) is 7.96. The molecule has 0 radical (unpaired) electrons. The Labute approximate surface area is 186 Å².